The molecule has 0 saturated heterocycles. The van der Waals surface area contributed by atoms with Crippen LogP contribution in [0.25, 0.3) is 0 Å². The van der Waals surface area contributed by atoms with Crippen LogP contribution in [0.5, 0.6) is 5.75 Å². The number of para-hydroxylation sites is 1. The molecule has 0 saturated carbocycles. The van der Waals surface area contributed by atoms with Crippen molar-refractivity contribution in [2.75, 3.05) is 19.7 Å². The van der Waals surface area contributed by atoms with Gasteiger partial charge in [-0.2, -0.15) is 0 Å². The molecule has 0 aliphatic carbocycles. The van der Waals surface area contributed by atoms with E-state index in [1.807, 2.05) is 36.4 Å². The predicted molar refractivity (Wildman–Crippen MR) is 111 cm³/mol. The van der Waals surface area contributed by atoms with Crippen molar-refractivity contribution in [3.8, 4) is 5.75 Å². The molecule has 6 heteroatoms. The van der Waals surface area contributed by atoms with Crippen molar-refractivity contribution in [3.05, 3.63) is 59.9 Å². The molecule has 6 nitrogen and oxygen atoms in total. The molecule has 3 rings (SSSR count). The topological polar surface area (TPSA) is 82.9 Å². The Labute approximate surface area is 172 Å². The number of carbonyl (C=O) groups excluding carboxylic acids is 1. The highest BCUT2D eigenvalue weighted by molar-refractivity contribution is 5.78. The van der Waals surface area contributed by atoms with Crippen molar-refractivity contribution < 1.29 is 19.7 Å². The van der Waals surface area contributed by atoms with E-state index in [2.05, 4.69) is 4.98 Å². The summed E-state index contributed by atoms with van der Waals surface area (Å²) in [6.07, 6.45) is 5.86. The summed E-state index contributed by atoms with van der Waals surface area (Å²) in [5.74, 6) is 0.789. The van der Waals surface area contributed by atoms with Gasteiger partial charge in [0.1, 0.15) is 18.5 Å². The molecule has 156 valence electrons. The van der Waals surface area contributed by atoms with E-state index >= 15 is 0 Å². The fourth-order valence-corrected chi connectivity index (χ4v) is 3.56. The third-order valence-corrected chi connectivity index (χ3v) is 5.33. The Morgan fingerprint density at radius 1 is 1.07 bits per heavy atom. The molecule has 2 aromatic rings. The fourth-order valence-electron chi connectivity index (χ4n) is 3.56. The molecule has 1 amide bonds. The Morgan fingerprint density at radius 3 is 2.76 bits per heavy atom. The van der Waals surface area contributed by atoms with Crippen LogP contribution in [-0.2, 0) is 17.6 Å². The molecule has 1 aromatic carbocycles. The second kappa shape index (κ2) is 10.9. The summed E-state index contributed by atoms with van der Waals surface area (Å²) in [6.45, 7) is 1.09. The second-order valence-electron chi connectivity index (χ2n) is 7.57. The highest BCUT2D eigenvalue weighted by Crippen LogP contribution is 2.21. The van der Waals surface area contributed by atoms with E-state index in [0.717, 1.165) is 42.6 Å². The molecule has 1 aliphatic heterocycles. The van der Waals surface area contributed by atoms with Crippen LogP contribution in [0.3, 0.4) is 0 Å². The molecule has 1 aromatic heterocycles. The first-order valence-electron chi connectivity index (χ1n) is 10.4. The highest BCUT2D eigenvalue weighted by atomic mass is 16.5. The maximum Gasteiger partial charge on any atom is 0.227 e. The number of hydrogen-bond acceptors (Lipinski definition) is 5. The zero-order valence-electron chi connectivity index (χ0n) is 16.7. The van der Waals surface area contributed by atoms with E-state index < -0.39 is 12.2 Å². The van der Waals surface area contributed by atoms with E-state index in [4.69, 9.17) is 4.74 Å². The van der Waals surface area contributed by atoms with Crippen LogP contribution < -0.4 is 4.74 Å². The number of amides is 1. The Hall–Kier alpha value is -2.44. The summed E-state index contributed by atoms with van der Waals surface area (Å²) in [5.41, 5.74) is 1.98. The van der Waals surface area contributed by atoms with Gasteiger partial charge in [-0.1, -0.05) is 30.7 Å². The first-order valence-corrected chi connectivity index (χ1v) is 10.4. The van der Waals surface area contributed by atoms with Gasteiger partial charge in [0.2, 0.25) is 5.91 Å². The van der Waals surface area contributed by atoms with Gasteiger partial charge >= 0.3 is 0 Å². The number of pyridine rings is 1. The Morgan fingerprint density at radius 2 is 1.93 bits per heavy atom. The molecule has 0 unspecified atom stereocenters. The van der Waals surface area contributed by atoms with E-state index in [9.17, 15) is 15.0 Å². The Kier molecular flexibility index (Phi) is 8.02. The van der Waals surface area contributed by atoms with Gasteiger partial charge in [-0.05, 0) is 48.9 Å². The van der Waals surface area contributed by atoms with Gasteiger partial charge in [0.15, 0.2) is 0 Å². The molecular formula is C23H30N2O4. The van der Waals surface area contributed by atoms with E-state index in [-0.39, 0.29) is 12.5 Å². The van der Waals surface area contributed by atoms with Crippen LogP contribution in [0.2, 0.25) is 0 Å². The number of aliphatic hydroxyl groups is 2. The number of hydrogen-bond donors (Lipinski definition) is 2. The van der Waals surface area contributed by atoms with Crippen LogP contribution in [0, 0.1) is 0 Å². The summed E-state index contributed by atoms with van der Waals surface area (Å²) in [7, 11) is 0. The molecule has 0 radical (unpaired) electrons. The summed E-state index contributed by atoms with van der Waals surface area (Å²) in [6, 6.07) is 11.5. The Bertz CT molecular complexity index is 768. The van der Waals surface area contributed by atoms with Crippen LogP contribution in [0.1, 0.15) is 36.8 Å². The molecule has 29 heavy (non-hydrogen) atoms. The first-order chi connectivity index (χ1) is 14.1. The van der Waals surface area contributed by atoms with Crippen LogP contribution >= 0.6 is 0 Å². The number of aromatic nitrogens is 1. The summed E-state index contributed by atoms with van der Waals surface area (Å²) >= 11 is 0. The van der Waals surface area contributed by atoms with Crippen LogP contribution in [-0.4, -0.2) is 57.9 Å². The minimum atomic E-state index is -0.999. The van der Waals surface area contributed by atoms with Crippen molar-refractivity contribution in [2.45, 2.75) is 50.7 Å². The number of carbonyl (C=O) groups is 1. The average molecular weight is 399 g/mol. The maximum atomic E-state index is 12.8. The lowest BCUT2D eigenvalue weighted by molar-refractivity contribution is -0.131. The van der Waals surface area contributed by atoms with Gasteiger partial charge in [0, 0.05) is 25.5 Å². The van der Waals surface area contributed by atoms with E-state index in [1.54, 1.807) is 17.3 Å². The smallest absolute Gasteiger partial charge is 0.227 e. The standard InChI is InChI=1S/C23H30N2O4/c26-20-11-14-25(23(28)15-18-7-6-12-24-16-18)13-5-1-2-8-19-9-3-4-10-22(19)29-17-21(20)27/h3-4,6-7,9-10,12,16,20-21,26-27H,1-2,5,8,11,13-15,17H2/t20-,21+/m0/s1. The molecule has 2 atom stereocenters. The van der Waals surface area contributed by atoms with Crippen molar-refractivity contribution in [2.24, 2.45) is 0 Å². The molecule has 0 fully saturated rings. The molecule has 2 N–H and O–H groups in total. The molecule has 0 bridgehead atoms. The van der Waals surface area contributed by atoms with Crippen molar-refractivity contribution in [3.63, 3.8) is 0 Å². The predicted octanol–water partition coefficient (Wildman–Crippen LogP) is 2.37. The monoisotopic (exact) mass is 398 g/mol. The zero-order valence-corrected chi connectivity index (χ0v) is 16.7. The summed E-state index contributed by atoms with van der Waals surface area (Å²) < 4.78 is 5.77. The normalized spacial score (nSPS) is 21.5. The minimum absolute atomic E-state index is 0.0216. The van der Waals surface area contributed by atoms with E-state index in [0.29, 0.717) is 25.9 Å². The molecule has 1 aliphatic rings. The third-order valence-electron chi connectivity index (χ3n) is 5.33. The van der Waals surface area contributed by atoms with Crippen molar-refractivity contribution in [1.29, 1.82) is 0 Å². The number of benzene rings is 1. The van der Waals surface area contributed by atoms with Gasteiger partial charge in [-0.15, -0.1) is 0 Å². The van der Waals surface area contributed by atoms with Gasteiger partial charge in [0.25, 0.3) is 0 Å². The quantitative estimate of drug-likeness (QED) is 0.812. The Balaban J connectivity index is 1.65. The van der Waals surface area contributed by atoms with Crippen molar-refractivity contribution >= 4 is 5.91 Å². The average Bonchev–Trinajstić information content (AvgIpc) is 2.74. The SMILES string of the molecule is O=C(Cc1cccnc1)N1CCCCCc2ccccc2OC[C@@H](O)[C@@H](O)CC1. The van der Waals surface area contributed by atoms with Gasteiger partial charge in [-0.25, -0.2) is 0 Å². The van der Waals surface area contributed by atoms with Gasteiger partial charge in [-0.3, -0.25) is 9.78 Å². The molecule has 2 heterocycles. The fraction of sp³-hybridized carbons (Fsp3) is 0.478. The number of aryl methyl sites for hydroxylation is 1. The lowest BCUT2D eigenvalue weighted by Crippen LogP contribution is -2.39. The number of nitrogens with zero attached hydrogens (tertiary/aromatic N) is 2. The lowest BCUT2D eigenvalue weighted by atomic mass is 10.0. The minimum Gasteiger partial charge on any atom is -0.491 e. The molecule has 0 spiro atoms. The third kappa shape index (κ3) is 6.54. The lowest BCUT2D eigenvalue weighted by Gasteiger charge is -2.26. The van der Waals surface area contributed by atoms with E-state index in [1.165, 1.54) is 0 Å². The maximum absolute atomic E-state index is 12.8. The van der Waals surface area contributed by atoms with Gasteiger partial charge in [0.05, 0.1) is 12.5 Å². The zero-order chi connectivity index (χ0) is 20.5. The number of rotatable bonds is 2. The summed E-state index contributed by atoms with van der Waals surface area (Å²) in [5, 5.41) is 20.6. The van der Waals surface area contributed by atoms with Crippen LogP contribution in [0.4, 0.5) is 0 Å². The number of aliphatic hydroxyl groups excluding tert-OH is 2. The molecular weight excluding hydrogens is 368 g/mol. The number of ether oxygens (including phenoxy) is 1. The highest BCUT2D eigenvalue weighted by Gasteiger charge is 2.21. The number of fused-ring (bicyclic) bond motifs is 1. The first kappa shape index (κ1) is 21.3. The van der Waals surface area contributed by atoms with Gasteiger partial charge < -0.3 is 19.8 Å². The second-order valence-corrected chi connectivity index (χ2v) is 7.57. The summed E-state index contributed by atoms with van der Waals surface area (Å²) in [4.78, 5) is 18.7. The van der Waals surface area contributed by atoms with Crippen molar-refractivity contribution in [1.82, 2.24) is 9.88 Å². The largest absolute Gasteiger partial charge is 0.491 e. The van der Waals surface area contributed by atoms with Crippen LogP contribution in [0.15, 0.2) is 48.8 Å².